The molecular weight excluding hydrogens is 210 g/mol. The van der Waals surface area contributed by atoms with E-state index in [2.05, 4.69) is 4.98 Å². The fraction of sp³-hybridized carbons (Fsp3) is 0.636. The summed E-state index contributed by atoms with van der Waals surface area (Å²) in [6.07, 6.45) is 0. The number of hydrogen-bond acceptors (Lipinski definition) is 4. The van der Waals surface area contributed by atoms with Crippen molar-refractivity contribution < 1.29 is 9.53 Å². The van der Waals surface area contributed by atoms with Crippen LogP contribution in [0.1, 0.15) is 55.0 Å². The van der Waals surface area contributed by atoms with Gasteiger partial charge < -0.3 is 4.74 Å². The van der Waals surface area contributed by atoms with Crippen LogP contribution in [0.5, 0.6) is 0 Å². The summed E-state index contributed by atoms with van der Waals surface area (Å²) in [5, 5.41) is 0.587. The van der Waals surface area contributed by atoms with E-state index in [1.165, 1.54) is 11.3 Å². The zero-order valence-corrected chi connectivity index (χ0v) is 10.5. The van der Waals surface area contributed by atoms with Crippen LogP contribution in [0.4, 0.5) is 0 Å². The van der Waals surface area contributed by atoms with Gasteiger partial charge in [0.25, 0.3) is 0 Å². The van der Waals surface area contributed by atoms with Gasteiger partial charge in [0.15, 0.2) is 10.8 Å². The van der Waals surface area contributed by atoms with Crippen molar-refractivity contribution in [2.24, 2.45) is 0 Å². The van der Waals surface area contributed by atoms with Crippen molar-refractivity contribution in [3.05, 3.63) is 15.6 Å². The molecule has 2 heterocycles. The first-order valence-corrected chi connectivity index (χ1v) is 5.78. The van der Waals surface area contributed by atoms with Crippen molar-refractivity contribution in [3.8, 4) is 0 Å². The number of ether oxygens (including phenoxy) is 1. The number of ketones is 1. The Morgan fingerprint density at radius 1 is 1.27 bits per heavy atom. The summed E-state index contributed by atoms with van der Waals surface area (Å²) < 4.78 is 5.92. The minimum absolute atomic E-state index is 0.0287. The molecule has 0 saturated carbocycles. The minimum Gasteiger partial charge on any atom is -0.358 e. The summed E-state index contributed by atoms with van der Waals surface area (Å²) in [6.45, 7) is 9.56. The summed E-state index contributed by atoms with van der Waals surface area (Å²) in [4.78, 5) is 16.7. The highest BCUT2D eigenvalue weighted by atomic mass is 32.1. The molecule has 1 aliphatic heterocycles. The molecule has 0 aliphatic carbocycles. The molecular formula is C11H15NO2S. The Labute approximate surface area is 93.5 Å². The highest BCUT2D eigenvalue weighted by molar-refractivity contribution is 7.14. The van der Waals surface area contributed by atoms with Gasteiger partial charge in [-0.2, -0.15) is 0 Å². The van der Waals surface area contributed by atoms with Gasteiger partial charge in [-0.25, -0.2) is 4.98 Å². The van der Waals surface area contributed by atoms with Crippen LogP contribution in [-0.2, 0) is 15.9 Å². The maximum absolute atomic E-state index is 11.3. The maximum atomic E-state index is 11.3. The molecule has 2 rings (SSSR count). The van der Waals surface area contributed by atoms with Gasteiger partial charge in [-0.3, -0.25) is 4.79 Å². The van der Waals surface area contributed by atoms with Gasteiger partial charge >= 0.3 is 0 Å². The molecule has 3 nitrogen and oxygen atoms in total. The molecule has 0 bridgehead atoms. The fourth-order valence-corrected chi connectivity index (χ4v) is 3.17. The summed E-state index contributed by atoms with van der Waals surface area (Å²) in [5.41, 5.74) is 0.204. The molecule has 0 spiro atoms. The van der Waals surface area contributed by atoms with E-state index in [1.807, 2.05) is 27.7 Å². The van der Waals surface area contributed by atoms with Crippen molar-refractivity contribution in [1.82, 2.24) is 4.98 Å². The first-order valence-electron chi connectivity index (χ1n) is 4.97. The van der Waals surface area contributed by atoms with E-state index < -0.39 is 0 Å². The average Bonchev–Trinajstić information content (AvgIpc) is 2.50. The largest absolute Gasteiger partial charge is 0.358 e. The van der Waals surface area contributed by atoms with Crippen molar-refractivity contribution in [1.29, 1.82) is 0 Å². The van der Waals surface area contributed by atoms with E-state index in [1.54, 1.807) is 6.92 Å². The van der Waals surface area contributed by atoms with Crippen molar-refractivity contribution in [2.45, 2.75) is 45.8 Å². The van der Waals surface area contributed by atoms with Crippen molar-refractivity contribution in [3.63, 3.8) is 0 Å². The quantitative estimate of drug-likeness (QED) is 0.690. The van der Waals surface area contributed by atoms with Gasteiger partial charge in [-0.15, -0.1) is 11.3 Å². The van der Waals surface area contributed by atoms with E-state index in [4.69, 9.17) is 4.74 Å². The first-order chi connectivity index (χ1) is 6.74. The zero-order valence-electron chi connectivity index (χ0n) is 9.67. The Morgan fingerprint density at radius 3 is 2.33 bits per heavy atom. The van der Waals surface area contributed by atoms with Gasteiger partial charge in [0.2, 0.25) is 0 Å². The number of nitrogens with zero attached hydrogens (tertiary/aromatic N) is 1. The Kier molecular flexibility index (Phi) is 2.07. The molecule has 0 radical (unpaired) electrons. The number of Topliss-reactive ketones (excluding diaryl/α,β-unsaturated/α-hetero) is 1. The molecule has 0 unspecified atom stereocenters. The SMILES string of the molecule is CC(=O)c1nc2c(s1)C(C)(C)OC2(C)C. The third kappa shape index (κ3) is 1.52. The standard InChI is InChI=1S/C11H15NO2S/c1-6(13)9-12-7-8(15-9)11(4,5)14-10(7,2)3/h1-5H3. The molecule has 0 atom stereocenters. The summed E-state index contributed by atoms with van der Waals surface area (Å²) in [6, 6.07) is 0. The third-order valence-electron chi connectivity index (χ3n) is 2.56. The third-order valence-corrected chi connectivity index (χ3v) is 4.02. The Balaban J connectivity index is 2.60. The van der Waals surface area contributed by atoms with Crippen LogP contribution in [0, 0.1) is 0 Å². The molecule has 0 N–H and O–H groups in total. The number of hydrogen-bond donors (Lipinski definition) is 0. The smallest absolute Gasteiger partial charge is 0.188 e. The molecule has 1 aromatic heterocycles. The number of fused-ring (bicyclic) bond motifs is 1. The topological polar surface area (TPSA) is 39.2 Å². The lowest BCUT2D eigenvalue weighted by Crippen LogP contribution is -2.23. The molecule has 0 aromatic carbocycles. The predicted octanol–water partition coefficient (Wildman–Crippen LogP) is 2.85. The molecule has 0 fully saturated rings. The zero-order chi connectivity index (χ0) is 11.4. The van der Waals surface area contributed by atoms with Gasteiger partial charge in [0.05, 0.1) is 16.2 Å². The lowest BCUT2D eigenvalue weighted by atomic mass is 10.0. The van der Waals surface area contributed by atoms with Crippen LogP contribution < -0.4 is 0 Å². The average molecular weight is 225 g/mol. The van der Waals surface area contributed by atoms with E-state index in [0.29, 0.717) is 5.01 Å². The molecule has 1 aliphatic rings. The second-order valence-electron chi connectivity index (χ2n) is 4.88. The van der Waals surface area contributed by atoms with Crippen LogP contribution in [-0.4, -0.2) is 10.8 Å². The summed E-state index contributed by atoms with van der Waals surface area (Å²) in [7, 11) is 0. The Morgan fingerprint density at radius 2 is 1.87 bits per heavy atom. The van der Waals surface area contributed by atoms with E-state index >= 15 is 0 Å². The number of carbonyl (C=O) groups excluding carboxylic acids is 1. The first kappa shape index (κ1) is 10.8. The molecule has 0 amide bonds. The fourth-order valence-electron chi connectivity index (χ4n) is 2.02. The number of rotatable bonds is 1. The Bertz CT molecular complexity index is 400. The highest BCUT2D eigenvalue weighted by Gasteiger charge is 2.46. The van der Waals surface area contributed by atoms with Crippen LogP contribution in [0.3, 0.4) is 0 Å². The number of carbonyl (C=O) groups is 1. The van der Waals surface area contributed by atoms with E-state index in [0.717, 1.165) is 10.6 Å². The molecule has 15 heavy (non-hydrogen) atoms. The maximum Gasteiger partial charge on any atom is 0.188 e. The molecule has 4 heteroatoms. The van der Waals surface area contributed by atoms with Crippen molar-refractivity contribution >= 4 is 17.1 Å². The van der Waals surface area contributed by atoms with Crippen molar-refractivity contribution in [2.75, 3.05) is 0 Å². The summed E-state index contributed by atoms with van der Waals surface area (Å²) >= 11 is 1.45. The molecule has 0 saturated heterocycles. The van der Waals surface area contributed by atoms with Crippen LogP contribution in [0.15, 0.2) is 0 Å². The highest BCUT2D eigenvalue weighted by Crippen LogP contribution is 2.48. The Hall–Kier alpha value is -0.740. The second-order valence-corrected chi connectivity index (χ2v) is 5.87. The van der Waals surface area contributed by atoms with Crippen LogP contribution in [0.25, 0.3) is 0 Å². The van der Waals surface area contributed by atoms with Gasteiger partial charge in [-0.1, -0.05) is 0 Å². The predicted molar refractivity (Wildman–Crippen MR) is 59.3 cm³/mol. The van der Waals surface area contributed by atoms with Gasteiger partial charge in [0, 0.05) is 6.92 Å². The monoisotopic (exact) mass is 225 g/mol. The van der Waals surface area contributed by atoms with Gasteiger partial charge in [0.1, 0.15) is 5.60 Å². The second kappa shape index (κ2) is 2.89. The minimum atomic E-state index is -0.386. The summed E-state index contributed by atoms with van der Waals surface area (Å²) in [5.74, 6) is 0.0287. The lowest BCUT2D eigenvalue weighted by molar-refractivity contribution is -0.105. The number of aromatic nitrogens is 1. The van der Waals surface area contributed by atoms with Crippen LogP contribution >= 0.6 is 11.3 Å². The van der Waals surface area contributed by atoms with Gasteiger partial charge in [-0.05, 0) is 27.7 Å². The molecule has 1 aromatic rings. The lowest BCUT2D eigenvalue weighted by Gasteiger charge is -2.24. The normalized spacial score (nSPS) is 21.4. The van der Waals surface area contributed by atoms with E-state index in [-0.39, 0.29) is 17.0 Å². The van der Waals surface area contributed by atoms with E-state index in [9.17, 15) is 4.79 Å². The van der Waals surface area contributed by atoms with Crippen LogP contribution in [0.2, 0.25) is 0 Å². The number of thiazole rings is 1. The molecule has 82 valence electrons.